The Hall–Kier alpha value is -2.08. The summed E-state index contributed by atoms with van der Waals surface area (Å²) in [6.07, 6.45) is -5.68. The minimum absolute atomic E-state index is 0.355. The number of rotatable bonds is 4. The Labute approximate surface area is 118 Å². The van der Waals surface area contributed by atoms with Gasteiger partial charge >= 0.3 is 6.18 Å². The van der Waals surface area contributed by atoms with E-state index in [1.165, 1.54) is 30.3 Å². The summed E-state index contributed by atoms with van der Waals surface area (Å²) in [4.78, 5) is 0. The van der Waals surface area contributed by atoms with Crippen LogP contribution in [-0.4, -0.2) is 11.7 Å². The molecule has 6 heteroatoms. The summed E-state index contributed by atoms with van der Waals surface area (Å²) in [7, 11) is 0. The maximum atomic E-state index is 12.8. The van der Waals surface area contributed by atoms with Gasteiger partial charge < -0.3 is 9.84 Å². The molecular formula is C15H12F4O2. The highest BCUT2D eigenvalue weighted by atomic mass is 19.4. The summed E-state index contributed by atoms with van der Waals surface area (Å²) < 4.78 is 56.1. The monoisotopic (exact) mass is 300 g/mol. The predicted molar refractivity (Wildman–Crippen MR) is 68.3 cm³/mol. The van der Waals surface area contributed by atoms with Crippen molar-refractivity contribution in [3.8, 4) is 5.75 Å². The van der Waals surface area contributed by atoms with Gasteiger partial charge in [0.2, 0.25) is 0 Å². The van der Waals surface area contributed by atoms with E-state index in [-0.39, 0.29) is 12.4 Å². The standard InChI is InChI=1S/C15H12F4O2/c16-11-7-5-10(6-8-11)13(20)9-21-14-4-2-1-3-12(14)15(17,18)19/h1-8,13,20H,9H2. The van der Waals surface area contributed by atoms with Crippen molar-refractivity contribution in [2.24, 2.45) is 0 Å². The quantitative estimate of drug-likeness (QED) is 0.866. The van der Waals surface area contributed by atoms with Gasteiger partial charge in [0.05, 0.1) is 5.56 Å². The zero-order chi connectivity index (χ0) is 15.5. The van der Waals surface area contributed by atoms with E-state index in [0.717, 1.165) is 18.2 Å². The number of para-hydroxylation sites is 1. The summed E-state index contributed by atoms with van der Waals surface area (Å²) in [6.45, 7) is -0.362. The largest absolute Gasteiger partial charge is 0.490 e. The molecule has 21 heavy (non-hydrogen) atoms. The molecule has 0 radical (unpaired) electrons. The second-order valence-corrected chi connectivity index (χ2v) is 4.37. The van der Waals surface area contributed by atoms with Crippen LogP contribution < -0.4 is 4.74 Å². The van der Waals surface area contributed by atoms with Gasteiger partial charge in [-0.15, -0.1) is 0 Å². The fourth-order valence-electron chi connectivity index (χ4n) is 1.78. The van der Waals surface area contributed by atoms with Gasteiger partial charge in [-0.2, -0.15) is 13.2 Å². The highest BCUT2D eigenvalue weighted by Crippen LogP contribution is 2.36. The molecule has 0 amide bonds. The van der Waals surface area contributed by atoms with Gasteiger partial charge in [0.1, 0.15) is 24.3 Å². The van der Waals surface area contributed by atoms with E-state index in [2.05, 4.69) is 0 Å². The first kappa shape index (κ1) is 15.3. The van der Waals surface area contributed by atoms with Gasteiger partial charge in [-0.3, -0.25) is 0 Å². The minimum Gasteiger partial charge on any atom is -0.490 e. The van der Waals surface area contributed by atoms with Crippen molar-refractivity contribution in [1.29, 1.82) is 0 Å². The molecule has 0 aliphatic rings. The second-order valence-electron chi connectivity index (χ2n) is 4.37. The number of hydrogen-bond donors (Lipinski definition) is 1. The lowest BCUT2D eigenvalue weighted by Gasteiger charge is -2.16. The van der Waals surface area contributed by atoms with Crippen molar-refractivity contribution in [2.45, 2.75) is 12.3 Å². The summed E-state index contributed by atoms with van der Waals surface area (Å²) in [5, 5.41) is 9.84. The number of hydrogen-bond acceptors (Lipinski definition) is 2. The van der Waals surface area contributed by atoms with E-state index in [1.54, 1.807) is 0 Å². The van der Waals surface area contributed by atoms with Gasteiger partial charge in [-0.05, 0) is 29.8 Å². The normalized spacial score (nSPS) is 13.0. The first-order valence-electron chi connectivity index (χ1n) is 6.10. The van der Waals surface area contributed by atoms with Crippen LogP contribution in [0.3, 0.4) is 0 Å². The first-order chi connectivity index (χ1) is 9.88. The Kier molecular flexibility index (Phi) is 4.47. The molecule has 0 aliphatic carbocycles. The molecule has 0 aromatic heterocycles. The molecule has 1 N–H and O–H groups in total. The number of benzene rings is 2. The van der Waals surface area contributed by atoms with Crippen LogP contribution in [0.4, 0.5) is 17.6 Å². The van der Waals surface area contributed by atoms with Crippen molar-refractivity contribution in [1.82, 2.24) is 0 Å². The zero-order valence-electron chi connectivity index (χ0n) is 10.8. The molecule has 0 saturated heterocycles. The molecule has 0 spiro atoms. The van der Waals surface area contributed by atoms with Crippen LogP contribution in [0.25, 0.3) is 0 Å². The molecule has 2 nitrogen and oxygen atoms in total. The average molecular weight is 300 g/mol. The Morgan fingerprint density at radius 3 is 2.24 bits per heavy atom. The van der Waals surface area contributed by atoms with Crippen LogP contribution >= 0.6 is 0 Å². The van der Waals surface area contributed by atoms with Crippen molar-refractivity contribution < 1.29 is 27.4 Å². The molecule has 2 aromatic rings. The molecule has 0 saturated carbocycles. The average Bonchev–Trinajstić information content (AvgIpc) is 2.45. The Balaban J connectivity index is 2.08. The molecule has 1 atom stereocenters. The van der Waals surface area contributed by atoms with Crippen LogP contribution in [0.15, 0.2) is 48.5 Å². The molecule has 0 fully saturated rings. The third kappa shape index (κ3) is 3.95. The smallest absolute Gasteiger partial charge is 0.419 e. The van der Waals surface area contributed by atoms with Gasteiger partial charge in [0, 0.05) is 0 Å². The molecule has 1 unspecified atom stereocenters. The minimum atomic E-state index is -4.53. The fraction of sp³-hybridized carbons (Fsp3) is 0.200. The van der Waals surface area contributed by atoms with Crippen molar-refractivity contribution in [3.05, 3.63) is 65.5 Å². The van der Waals surface area contributed by atoms with Crippen LogP contribution in [-0.2, 0) is 6.18 Å². The van der Waals surface area contributed by atoms with E-state index < -0.39 is 23.7 Å². The van der Waals surface area contributed by atoms with E-state index >= 15 is 0 Å². The lowest BCUT2D eigenvalue weighted by atomic mass is 10.1. The van der Waals surface area contributed by atoms with Gasteiger partial charge in [-0.25, -0.2) is 4.39 Å². The van der Waals surface area contributed by atoms with E-state index in [0.29, 0.717) is 5.56 Å². The van der Waals surface area contributed by atoms with Crippen LogP contribution in [0, 0.1) is 5.82 Å². The Bertz CT molecular complexity index is 593. The van der Waals surface area contributed by atoms with Crippen molar-refractivity contribution >= 4 is 0 Å². The van der Waals surface area contributed by atoms with E-state index in [9.17, 15) is 22.7 Å². The molecule has 0 heterocycles. The summed E-state index contributed by atoms with van der Waals surface area (Å²) in [5.41, 5.74) is -0.544. The topological polar surface area (TPSA) is 29.5 Å². The van der Waals surface area contributed by atoms with E-state index in [1.807, 2.05) is 0 Å². The number of aliphatic hydroxyl groups excluding tert-OH is 1. The van der Waals surface area contributed by atoms with Crippen LogP contribution in [0.2, 0.25) is 0 Å². The highest BCUT2D eigenvalue weighted by Gasteiger charge is 2.34. The predicted octanol–water partition coefficient (Wildman–Crippen LogP) is 3.96. The van der Waals surface area contributed by atoms with Gasteiger partial charge in [-0.1, -0.05) is 24.3 Å². The first-order valence-corrected chi connectivity index (χ1v) is 6.10. The fourth-order valence-corrected chi connectivity index (χ4v) is 1.78. The Morgan fingerprint density at radius 1 is 1.00 bits per heavy atom. The van der Waals surface area contributed by atoms with E-state index in [4.69, 9.17) is 4.74 Å². The Morgan fingerprint density at radius 2 is 1.62 bits per heavy atom. The molecule has 0 aliphatic heterocycles. The van der Waals surface area contributed by atoms with Gasteiger partial charge in [0.25, 0.3) is 0 Å². The second kappa shape index (κ2) is 6.13. The molecule has 2 aromatic carbocycles. The summed E-state index contributed by atoms with van der Waals surface area (Å²) in [5.74, 6) is -0.819. The number of aliphatic hydroxyl groups is 1. The van der Waals surface area contributed by atoms with Crippen LogP contribution in [0.1, 0.15) is 17.2 Å². The number of ether oxygens (including phenoxy) is 1. The summed E-state index contributed by atoms with van der Waals surface area (Å²) in [6, 6.07) is 9.75. The molecule has 2 rings (SSSR count). The van der Waals surface area contributed by atoms with Gasteiger partial charge in [0.15, 0.2) is 0 Å². The summed E-state index contributed by atoms with van der Waals surface area (Å²) >= 11 is 0. The zero-order valence-corrected chi connectivity index (χ0v) is 10.8. The lowest BCUT2D eigenvalue weighted by molar-refractivity contribution is -0.139. The van der Waals surface area contributed by atoms with Crippen molar-refractivity contribution in [2.75, 3.05) is 6.61 Å². The maximum absolute atomic E-state index is 12.8. The third-order valence-electron chi connectivity index (χ3n) is 2.84. The number of halogens is 4. The third-order valence-corrected chi connectivity index (χ3v) is 2.84. The highest BCUT2D eigenvalue weighted by molar-refractivity contribution is 5.35. The molecule has 0 bridgehead atoms. The van der Waals surface area contributed by atoms with Crippen LogP contribution in [0.5, 0.6) is 5.75 Å². The molecular weight excluding hydrogens is 288 g/mol. The van der Waals surface area contributed by atoms with Crippen molar-refractivity contribution in [3.63, 3.8) is 0 Å². The maximum Gasteiger partial charge on any atom is 0.419 e. The lowest BCUT2D eigenvalue weighted by Crippen LogP contribution is -2.13. The number of alkyl halides is 3. The molecule has 112 valence electrons. The SMILES string of the molecule is OC(COc1ccccc1C(F)(F)F)c1ccc(F)cc1.